The van der Waals surface area contributed by atoms with Crippen LogP contribution in [0.15, 0.2) is 6.20 Å². The van der Waals surface area contributed by atoms with Gasteiger partial charge in [0.15, 0.2) is 11.6 Å². The molecule has 2 N–H and O–H groups in total. The lowest BCUT2D eigenvalue weighted by Crippen LogP contribution is -2.20. The van der Waals surface area contributed by atoms with E-state index in [9.17, 15) is 4.39 Å². The van der Waals surface area contributed by atoms with Crippen molar-refractivity contribution in [2.24, 2.45) is 0 Å². The number of rotatable bonds is 3. The summed E-state index contributed by atoms with van der Waals surface area (Å²) in [6.45, 7) is 1.72. The molecule has 1 atom stereocenters. The Morgan fingerprint density at radius 1 is 1.67 bits per heavy atom. The molecule has 0 spiro atoms. The standard InChI is InChI=1S/C9H13FN4O/c1-11-8-7(10)5-13-9(14-8)15-6-2-3-12-4-6/h5-6,12H,2-4H2,1H3,(H,11,13,14). The molecule has 1 fully saturated rings. The third kappa shape index (κ3) is 2.33. The van der Waals surface area contributed by atoms with Crippen LogP contribution in [-0.2, 0) is 0 Å². The first-order chi connectivity index (χ1) is 7.29. The molecule has 2 heterocycles. The average Bonchev–Trinajstić information content (AvgIpc) is 2.73. The van der Waals surface area contributed by atoms with Gasteiger partial charge in [-0.2, -0.15) is 4.98 Å². The van der Waals surface area contributed by atoms with Crippen LogP contribution in [-0.4, -0.2) is 36.2 Å². The Hall–Kier alpha value is -1.43. The first kappa shape index (κ1) is 10.1. The fraction of sp³-hybridized carbons (Fsp3) is 0.556. The second kappa shape index (κ2) is 4.39. The second-order valence-corrected chi connectivity index (χ2v) is 3.33. The highest BCUT2D eigenvalue weighted by Crippen LogP contribution is 2.14. The largest absolute Gasteiger partial charge is 0.459 e. The fourth-order valence-corrected chi connectivity index (χ4v) is 1.46. The molecule has 1 aromatic heterocycles. The Morgan fingerprint density at radius 3 is 3.20 bits per heavy atom. The molecule has 1 aliphatic heterocycles. The van der Waals surface area contributed by atoms with Gasteiger partial charge in [-0.05, 0) is 13.0 Å². The predicted octanol–water partition coefficient (Wildman–Crippen LogP) is 0.398. The molecule has 1 aliphatic rings. The number of aromatic nitrogens is 2. The third-order valence-electron chi connectivity index (χ3n) is 2.25. The Labute approximate surface area is 87.1 Å². The van der Waals surface area contributed by atoms with Crippen LogP contribution in [0.4, 0.5) is 10.2 Å². The molecule has 82 valence electrons. The number of anilines is 1. The summed E-state index contributed by atoms with van der Waals surface area (Å²) >= 11 is 0. The Morgan fingerprint density at radius 2 is 2.53 bits per heavy atom. The molecule has 5 nitrogen and oxygen atoms in total. The van der Waals surface area contributed by atoms with Crippen LogP contribution in [0.2, 0.25) is 0 Å². The van der Waals surface area contributed by atoms with E-state index in [-0.39, 0.29) is 17.9 Å². The molecule has 0 radical (unpaired) electrons. The van der Waals surface area contributed by atoms with Crippen molar-refractivity contribution < 1.29 is 9.13 Å². The van der Waals surface area contributed by atoms with Gasteiger partial charge >= 0.3 is 6.01 Å². The van der Waals surface area contributed by atoms with E-state index >= 15 is 0 Å². The van der Waals surface area contributed by atoms with Gasteiger partial charge in [-0.1, -0.05) is 0 Å². The minimum Gasteiger partial charge on any atom is -0.459 e. The zero-order valence-electron chi connectivity index (χ0n) is 8.46. The maximum Gasteiger partial charge on any atom is 0.318 e. The van der Waals surface area contributed by atoms with Gasteiger partial charge in [0.25, 0.3) is 0 Å². The lowest BCUT2D eigenvalue weighted by molar-refractivity contribution is 0.204. The zero-order valence-corrected chi connectivity index (χ0v) is 8.46. The number of nitrogens with one attached hydrogen (secondary N) is 2. The van der Waals surface area contributed by atoms with Gasteiger partial charge in [-0.15, -0.1) is 0 Å². The van der Waals surface area contributed by atoms with Crippen LogP contribution < -0.4 is 15.4 Å². The van der Waals surface area contributed by atoms with Crippen molar-refractivity contribution >= 4 is 5.82 Å². The molecule has 1 aromatic rings. The van der Waals surface area contributed by atoms with Crippen molar-refractivity contribution in [2.45, 2.75) is 12.5 Å². The van der Waals surface area contributed by atoms with Gasteiger partial charge in [0.05, 0.1) is 6.20 Å². The second-order valence-electron chi connectivity index (χ2n) is 3.33. The smallest absolute Gasteiger partial charge is 0.318 e. The lowest BCUT2D eigenvalue weighted by Gasteiger charge is -2.11. The number of halogens is 1. The SMILES string of the molecule is CNc1nc(OC2CCNC2)ncc1F. The number of hydrogen-bond donors (Lipinski definition) is 2. The molecular formula is C9H13FN4O. The molecule has 0 bridgehead atoms. The van der Waals surface area contributed by atoms with Gasteiger partial charge in [-0.25, -0.2) is 9.37 Å². The molecule has 0 aliphatic carbocycles. The molecule has 6 heteroatoms. The zero-order chi connectivity index (χ0) is 10.7. The van der Waals surface area contributed by atoms with Gasteiger partial charge in [0, 0.05) is 13.6 Å². The van der Waals surface area contributed by atoms with Gasteiger partial charge < -0.3 is 15.4 Å². The van der Waals surface area contributed by atoms with Crippen LogP contribution in [0.1, 0.15) is 6.42 Å². The van der Waals surface area contributed by atoms with E-state index in [0.717, 1.165) is 25.7 Å². The van der Waals surface area contributed by atoms with E-state index in [1.807, 2.05) is 0 Å². The van der Waals surface area contributed by atoms with E-state index in [0.29, 0.717) is 0 Å². The highest BCUT2D eigenvalue weighted by molar-refractivity contribution is 5.34. The summed E-state index contributed by atoms with van der Waals surface area (Å²) in [5.74, 6) is -0.319. The van der Waals surface area contributed by atoms with E-state index in [1.165, 1.54) is 0 Å². The molecule has 2 rings (SSSR count). The quantitative estimate of drug-likeness (QED) is 0.759. The minimum atomic E-state index is -0.477. The van der Waals surface area contributed by atoms with Crippen LogP contribution in [0.5, 0.6) is 6.01 Å². The summed E-state index contributed by atoms with van der Waals surface area (Å²) in [7, 11) is 1.60. The van der Waals surface area contributed by atoms with Crippen molar-refractivity contribution in [2.75, 3.05) is 25.5 Å². The molecule has 0 aromatic carbocycles. The van der Waals surface area contributed by atoms with Gasteiger partial charge in [0.1, 0.15) is 6.10 Å². The number of hydrogen-bond acceptors (Lipinski definition) is 5. The summed E-state index contributed by atoms with van der Waals surface area (Å²) in [5, 5.41) is 5.80. The summed E-state index contributed by atoms with van der Waals surface area (Å²) in [6, 6.07) is 0.217. The van der Waals surface area contributed by atoms with Crippen molar-refractivity contribution in [3.63, 3.8) is 0 Å². The molecule has 1 unspecified atom stereocenters. The van der Waals surface area contributed by atoms with Crippen molar-refractivity contribution in [1.29, 1.82) is 0 Å². The number of ether oxygens (including phenoxy) is 1. The highest BCUT2D eigenvalue weighted by atomic mass is 19.1. The molecular weight excluding hydrogens is 199 g/mol. The van der Waals surface area contributed by atoms with E-state index in [4.69, 9.17) is 4.74 Å². The van der Waals surface area contributed by atoms with Crippen molar-refractivity contribution in [3.8, 4) is 6.01 Å². The topological polar surface area (TPSA) is 59.1 Å². The predicted molar refractivity (Wildman–Crippen MR) is 53.4 cm³/mol. The highest BCUT2D eigenvalue weighted by Gasteiger charge is 2.17. The maximum atomic E-state index is 13.0. The van der Waals surface area contributed by atoms with E-state index in [1.54, 1.807) is 7.05 Å². The third-order valence-corrected chi connectivity index (χ3v) is 2.25. The first-order valence-electron chi connectivity index (χ1n) is 4.87. The van der Waals surface area contributed by atoms with Gasteiger partial charge in [-0.3, -0.25) is 0 Å². The molecule has 1 saturated heterocycles. The van der Waals surface area contributed by atoms with E-state index < -0.39 is 5.82 Å². The van der Waals surface area contributed by atoms with Crippen LogP contribution in [0.3, 0.4) is 0 Å². The summed E-state index contributed by atoms with van der Waals surface area (Å²) in [5.41, 5.74) is 0. The molecule has 0 amide bonds. The normalized spacial score (nSPS) is 20.3. The molecule has 0 saturated carbocycles. The summed E-state index contributed by atoms with van der Waals surface area (Å²) in [4.78, 5) is 7.68. The molecule has 15 heavy (non-hydrogen) atoms. The number of nitrogens with zero attached hydrogens (tertiary/aromatic N) is 2. The van der Waals surface area contributed by atoms with Crippen LogP contribution >= 0.6 is 0 Å². The van der Waals surface area contributed by atoms with Crippen LogP contribution in [0, 0.1) is 5.82 Å². The average molecular weight is 212 g/mol. The lowest BCUT2D eigenvalue weighted by atomic mass is 10.3. The van der Waals surface area contributed by atoms with E-state index in [2.05, 4.69) is 20.6 Å². The maximum absolute atomic E-state index is 13.0. The Bertz CT molecular complexity index is 341. The first-order valence-corrected chi connectivity index (χ1v) is 4.87. The summed E-state index contributed by atoms with van der Waals surface area (Å²) in [6.07, 6.45) is 2.12. The monoisotopic (exact) mass is 212 g/mol. The minimum absolute atomic E-state index is 0.0835. The van der Waals surface area contributed by atoms with Gasteiger partial charge in [0.2, 0.25) is 0 Å². The van der Waals surface area contributed by atoms with Crippen molar-refractivity contribution in [3.05, 3.63) is 12.0 Å². The van der Waals surface area contributed by atoms with Crippen LogP contribution in [0.25, 0.3) is 0 Å². The summed E-state index contributed by atoms with van der Waals surface area (Å²) < 4.78 is 18.5. The Kier molecular flexibility index (Phi) is 2.96. The fourth-order valence-electron chi connectivity index (χ4n) is 1.46. The Balaban J connectivity index is 2.07. The van der Waals surface area contributed by atoms with Crippen molar-refractivity contribution in [1.82, 2.24) is 15.3 Å².